The third-order valence-electron chi connectivity index (χ3n) is 3.99. The lowest BCUT2D eigenvalue weighted by atomic mass is 10.1. The monoisotopic (exact) mass is 428 g/mol. The van der Waals surface area contributed by atoms with Crippen LogP contribution in [0.25, 0.3) is 0 Å². The highest BCUT2D eigenvalue weighted by atomic mass is 32.1. The highest BCUT2D eigenvalue weighted by Crippen LogP contribution is 2.29. The number of thiophene rings is 1. The Morgan fingerprint density at radius 2 is 2.10 bits per heavy atom. The SMILES string of the molecule is Nc1ccn([C@@H]2O[C@H](COC(=O)OCc3ccc([N+](=O)[O-])s3)[C@@H](O)[C@H]2O)c(=O)n1. The number of aromatic nitrogens is 2. The molecule has 1 saturated heterocycles. The molecular weight excluding hydrogens is 412 g/mol. The van der Waals surface area contributed by atoms with Crippen LogP contribution in [0.2, 0.25) is 0 Å². The molecule has 0 spiro atoms. The number of rotatable bonds is 6. The number of nitrogens with two attached hydrogens (primary N) is 1. The first-order valence-corrected chi connectivity index (χ1v) is 8.97. The van der Waals surface area contributed by atoms with Crippen molar-refractivity contribution in [2.24, 2.45) is 0 Å². The van der Waals surface area contributed by atoms with Crippen LogP contribution < -0.4 is 11.4 Å². The van der Waals surface area contributed by atoms with Gasteiger partial charge in [0.25, 0.3) is 0 Å². The molecule has 3 rings (SSSR count). The summed E-state index contributed by atoms with van der Waals surface area (Å²) in [4.78, 5) is 37.6. The van der Waals surface area contributed by atoms with E-state index in [4.69, 9.17) is 19.9 Å². The topological polar surface area (TPSA) is 189 Å². The van der Waals surface area contributed by atoms with Crippen LogP contribution in [0.1, 0.15) is 11.1 Å². The van der Waals surface area contributed by atoms with E-state index in [1.54, 1.807) is 0 Å². The zero-order valence-corrected chi connectivity index (χ0v) is 15.4. The first-order valence-electron chi connectivity index (χ1n) is 8.15. The van der Waals surface area contributed by atoms with E-state index >= 15 is 0 Å². The minimum atomic E-state index is -1.48. The molecule has 1 fully saturated rings. The van der Waals surface area contributed by atoms with Crippen molar-refractivity contribution < 1.29 is 34.1 Å². The smallest absolute Gasteiger partial charge is 0.431 e. The first kappa shape index (κ1) is 20.7. The van der Waals surface area contributed by atoms with Crippen molar-refractivity contribution in [1.29, 1.82) is 0 Å². The molecule has 0 aliphatic carbocycles. The van der Waals surface area contributed by atoms with Gasteiger partial charge in [0, 0.05) is 17.1 Å². The number of aliphatic hydroxyl groups is 2. The van der Waals surface area contributed by atoms with Gasteiger partial charge in [-0.25, -0.2) is 9.59 Å². The molecule has 156 valence electrons. The zero-order chi connectivity index (χ0) is 21.1. The number of nitro groups is 1. The molecule has 14 heteroatoms. The van der Waals surface area contributed by atoms with Crippen LogP contribution in [0.3, 0.4) is 0 Å². The van der Waals surface area contributed by atoms with Crippen molar-refractivity contribution in [3.05, 3.63) is 49.9 Å². The van der Waals surface area contributed by atoms with E-state index in [1.807, 2.05) is 0 Å². The van der Waals surface area contributed by atoms with Crippen LogP contribution in [-0.4, -0.2) is 55.8 Å². The second-order valence-electron chi connectivity index (χ2n) is 5.94. The van der Waals surface area contributed by atoms with Crippen LogP contribution in [0.5, 0.6) is 0 Å². The van der Waals surface area contributed by atoms with Crippen LogP contribution >= 0.6 is 11.3 Å². The molecule has 0 unspecified atom stereocenters. The predicted octanol–water partition coefficient (Wildman–Crippen LogP) is -0.232. The van der Waals surface area contributed by atoms with Crippen molar-refractivity contribution in [3.8, 4) is 0 Å². The maximum atomic E-state index is 11.9. The van der Waals surface area contributed by atoms with Gasteiger partial charge in [-0.2, -0.15) is 4.98 Å². The molecule has 4 atom stereocenters. The van der Waals surface area contributed by atoms with Crippen molar-refractivity contribution in [3.63, 3.8) is 0 Å². The average Bonchev–Trinajstić information content (AvgIpc) is 3.25. The fourth-order valence-corrected chi connectivity index (χ4v) is 3.31. The Hall–Kier alpha value is -3.07. The second-order valence-corrected chi connectivity index (χ2v) is 7.08. The minimum Gasteiger partial charge on any atom is -0.431 e. The van der Waals surface area contributed by atoms with Gasteiger partial charge in [-0.15, -0.1) is 0 Å². The van der Waals surface area contributed by atoms with E-state index in [0.717, 1.165) is 15.9 Å². The van der Waals surface area contributed by atoms with E-state index in [9.17, 15) is 29.9 Å². The summed E-state index contributed by atoms with van der Waals surface area (Å²) in [7, 11) is 0. The predicted molar refractivity (Wildman–Crippen MR) is 95.9 cm³/mol. The van der Waals surface area contributed by atoms with Crippen LogP contribution in [0.4, 0.5) is 15.6 Å². The van der Waals surface area contributed by atoms with Gasteiger partial charge >= 0.3 is 16.8 Å². The van der Waals surface area contributed by atoms with Gasteiger partial charge in [-0.1, -0.05) is 11.3 Å². The standard InChI is InChI=1S/C15H16N4O9S/c16-9-3-4-18(14(22)17-9)13-12(21)11(20)8(28-13)6-27-15(23)26-5-7-1-2-10(29-7)19(24)25/h1-4,8,11-13,20-21H,5-6H2,(H2,16,17,22)/t8-,11-,12-,13-/m1/s1. The largest absolute Gasteiger partial charge is 0.508 e. The number of nitrogens with zero attached hydrogens (tertiary/aromatic N) is 3. The van der Waals surface area contributed by atoms with Crippen molar-refractivity contribution in [2.45, 2.75) is 31.1 Å². The lowest BCUT2D eigenvalue weighted by molar-refractivity contribution is -0.380. The number of ether oxygens (including phenoxy) is 3. The number of carbonyl (C=O) groups is 1. The summed E-state index contributed by atoms with van der Waals surface area (Å²) in [6.45, 7) is -0.696. The molecule has 29 heavy (non-hydrogen) atoms. The van der Waals surface area contributed by atoms with Gasteiger partial charge in [0.2, 0.25) is 0 Å². The molecule has 1 aliphatic heterocycles. The van der Waals surface area contributed by atoms with Gasteiger partial charge < -0.3 is 30.2 Å². The fraction of sp³-hybridized carbons (Fsp3) is 0.400. The highest BCUT2D eigenvalue weighted by molar-refractivity contribution is 7.15. The number of hydrogen-bond donors (Lipinski definition) is 3. The molecule has 0 amide bonds. The summed E-state index contributed by atoms with van der Waals surface area (Å²) in [5, 5.41) is 30.7. The van der Waals surface area contributed by atoms with E-state index < -0.39 is 47.9 Å². The van der Waals surface area contributed by atoms with E-state index in [1.165, 1.54) is 24.4 Å². The minimum absolute atomic E-state index is 0.0158. The Balaban J connectivity index is 1.52. The first-order chi connectivity index (χ1) is 13.8. The van der Waals surface area contributed by atoms with Gasteiger partial charge in [0.15, 0.2) is 6.23 Å². The van der Waals surface area contributed by atoms with E-state index in [2.05, 4.69) is 4.98 Å². The van der Waals surface area contributed by atoms with Crippen LogP contribution in [-0.2, 0) is 20.8 Å². The third-order valence-corrected chi connectivity index (χ3v) is 5.00. The maximum absolute atomic E-state index is 11.9. The normalized spacial score (nSPS) is 23.7. The number of nitrogen functional groups attached to an aromatic ring is 1. The Morgan fingerprint density at radius 3 is 2.76 bits per heavy atom. The zero-order valence-electron chi connectivity index (χ0n) is 14.6. The van der Waals surface area contributed by atoms with Gasteiger partial charge in [-0.05, 0) is 12.1 Å². The third kappa shape index (κ3) is 4.68. The van der Waals surface area contributed by atoms with Gasteiger partial charge in [0.1, 0.15) is 37.3 Å². The molecule has 0 aromatic carbocycles. The Bertz CT molecular complexity index is 961. The van der Waals surface area contributed by atoms with Crippen molar-refractivity contribution in [1.82, 2.24) is 9.55 Å². The highest BCUT2D eigenvalue weighted by Gasteiger charge is 2.44. The molecular formula is C15H16N4O9S. The summed E-state index contributed by atoms with van der Waals surface area (Å²) < 4.78 is 16.0. The lowest BCUT2D eigenvalue weighted by Gasteiger charge is -2.16. The molecule has 0 bridgehead atoms. The number of anilines is 1. The number of aliphatic hydroxyl groups excluding tert-OH is 2. The van der Waals surface area contributed by atoms with Crippen molar-refractivity contribution >= 4 is 28.3 Å². The van der Waals surface area contributed by atoms with Crippen molar-refractivity contribution in [2.75, 3.05) is 12.3 Å². The molecule has 4 N–H and O–H groups in total. The lowest BCUT2D eigenvalue weighted by Crippen LogP contribution is -2.36. The molecule has 0 radical (unpaired) electrons. The number of hydrogen-bond acceptors (Lipinski definition) is 12. The van der Waals surface area contributed by atoms with Gasteiger partial charge in [0.05, 0.1) is 4.92 Å². The molecule has 13 nitrogen and oxygen atoms in total. The second kappa shape index (κ2) is 8.52. The molecule has 2 aromatic heterocycles. The molecule has 1 aliphatic rings. The van der Waals surface area contributed by atoms with Gasteiger partial charge in [-0.3, -0.25) is 14.7 Å². The fourth-order valence-electron chi connectivity index (χ4n) is 2.58. The average molecular weight is 428 g/mol. The Morgan fingerprint density at radius 1 is 1.34 bits per heavy atom. The molecule has 0 saturated carbocycles. The summed E-state index contributed by atoms with van der Waals surface area (Å²) >= 11 is 0.850. The maximum Gasteiger partial charge on any atom is 0.508 e. The summed E-state index contributed by atoms with van der Waals surface area (Å²) in [6.07, 6.45) is -5.15. The van der Waals surface area contributed by atoms with E-state index in [-0.39, 0.29) is 17.4 Å². The Kier molecular flexibility index (Phi) is 6.07. The molecule has 2 aromatic rings. The Labute approximate surface area is 166 Å². The quantitative estimate of drug-likeness (QED) is 0.313. The summed E-state index contributed by atoms with van der Waals surface area (Å²) in [6, 6.07) is 4.05. The summed E-state index contributed by atoms with van der Waals surface area (Å²) in [5.74, 6) is -0.0158. The van der Waals surface area contributed by atoms with Crippen LogP contribution in [0.15, 0.2) is 29.2 Å². The van der Waals surface area contributed by atoms with Crippen LogP contribution in [0, 0.1) is 10.1 Å². The van der Waals surface area contributed by atoms with E-state index in [0.29, 0.717) is 4.88 Å². The number of carbonyl (C=O) groups excluding carboxylic acids is 1. The summed E-state index contributed by atoms with van der Waals surface area (Å²) in [5.41, 5.74) is 4.62. The molecule has 3 heterocycles.